The normalized spacial score (nSPS) is 10.1. The summed E-state index contributed by atoms with van der Waals surface area (Å²) in [6, 6.07) is 8.18. The van der Waals surface area contributed by atoms with Gasteiger partial charge in [-0.05, 0) is 18.2 Å². The summed E-state index contributed by atoms with van der Waals surface area (Å²) in [6.45, 7) is 0. The molecular formula is C13H9AcN3O2. The maximum absolute atomic E-state index is 11.9. The van der Waals surface area contributed by atoms with E-state index >= 15 is 0 Å². The molecule has 2 N–H and O–H groups in total. The van der Waals surface area contributed by atoms with Crippen LogP contribution in [0.15, 0.2) is 47.5 Å². The van der Waals surface area contributed by atoms with Gasteiger partial charge in [0.2, 0.25) is 0 Å². The molecule has 0 saturated heterocycles. The number of hydrogen-bond acceptors (Lipinski definition) is 4. The molecule has 1 aromatic carbocycles. The van der Waals surface area contributed by atoms with Crippen molar-refractivity contribution in [3.8, 4) is 17.1 Å². The average Bonchev–Trinajstić information content (AvgIpc) is 2.39. The summed E-state index contributed by atoms with van der Waals surface area (Å²) in [5.74, 6) is 0.540. The molecule has 91 valence electrons. The molecule has 3 aromatic rings. The minimum atomic E-state index is -0.222. The molecule has 2 heterocycles. The van der Waals surface area contributed by atoms with Crippen molar-refractivity contribution in [3.63, 3.8) is 0 Å². The van der Waals surface area contributed by atoms with Crippen LogP contribution in [0.3, 0.4) is 0 Å². The Morgan fingerprint density at radius 3 is 2.84 bits per heavy atom. The first-order valence-corrected chi connectivity index (χ1v) is 5.37. The Morgan fingerprint density at radius 1 is 1.21 bits per heavy atom. The summed E-state index contributed by atoms with van der Waals surface area (Å²) in [5.41, 5.74) is 0.957. The fraction of sp³-hybridized carbons (Fsp3) is 0. The maximum atomic E-state index is 11.9. The van der Waals surface area contributed by atoms with E-state index in [0.29, 0.717) is 22.3 Å². The number of aromatic amines is 1. The summed E-state index contributed by atoms with van der Waals surface area (Å²) in [6.07, 6.45) is 3.09. The van der Waals surface area contributed by atoms with E-state index in [-0.39, 0.29) is 55.4 Å². The van der Waals surface area contributed by atoms with Gasteiger partial charge in [-0.15, -0.1) is 0 Å². The Balaban J connectivity index is 0.00000133. The van der Waals surface area contributed by atoms with Crippen LogP contribution in [-0.2, 0) is 0 Å². The predicted octanol–water partition coefficient (Wildman–Crippen LogP) is 1.69. The molecule has 5 nitrogen and oxygen atoms in total. The van der Waals surface area contributed by atoms with E-state index in [0.717, 1.165) is 0 Å². The SMILES string of the molecule is O=c1[nH]c(-c2cccc(O)c2)nc2cnccc12.[Ac]. The van der Waals surface area contributed by atoms with Gasteiger partial charge in [-0.1, -0.05) is 12.1 Å². The maximum Gasteiger partial charge on any atom is 0.259 e. The number of aromatic nitrogens is 3. The number of nitrogens with one attached hydrogen (secondary N) is 1. The van der Waals surface area contributed by atoms with Crippen LogP contribution in [0.4, 0.5) is 0 Å². The minimum Gasteiger partial charge on any atom is -0.508 e. The fourth-order valence-electron chi connectivity index (χ4n) is 1.78. The quantitative estimate of drug-likeness (QED) is 0.573. The van der Waals surface area contributed by atoms with Gasteiger partial charge in [0.1, 0.15) is 11.6 Å². The number of rotatable bonds is 1. The molecule has 0 aliphatic carbocycles. The Kier molecular flexibility index (Phi) is 4.33. The molecule has 0 unspecified atom stereocenters. The van der Waals surface area contributed by atoms with Gasteiger partial charge in [-0.3, -0.25) is 9.78 Å². The third kappa shape index (κ3) is 2.85. The number of aromatic hydroxyl groups is 1. The van der Waals surface area contributed by atoms with Crippen LogP contribution >= 0.6 is 0 Å². The van der Waals surface area contributed by atoms with Crippen molar-refractivity contribution < 1.29 is 49.2 Å². The molecule has 3 rings (SSSR count). The largest absolute Gasteiger partial charge is 0.508 e. The molecule has 0 spiro atoms. The second kappa shape index (κ2) is 5.81. The van der Waals surface area contributed by atoms with Gasteiger partial charge in [0.25, 0.3) is 5.56 Å². The number of pyridine rings is 1. The van der Waals surface area contributed by atoms with Crippen LogP contribution < -0.4 is 5.56 Å². The Labute approximate surface area is 144 Å². The molecule has 0 bridgehead atoms. The average molecular weight is 466 g/mol. The van der Waals surface area contributed by atoms with Gasteiger partial charge < -0.3 is 10.1 Å². The monoisotopic (exact) mass is 466 g/mol. The minimum absolute atomic E-state index is 0. The molecule has 0 atom stereocenters. The first-order valence-electron chi connectivity index (χ1n) is 5.37. The number of H-pyrrole nitrogens is 1. The van der Waals surface area contributed by atoms with E-state index in [1.54, 1.807) is 36.5 Å². The first-order chi connectivity index (χ1) is 8.74. The van der Waals surface area contributed by atoms with Crippen molar-refractivity contribution in [1.82, 2.24) is 15.0 Å². The molecule has 0 aliphatic rings. The summed E-state index contributed by atoms with van der Waals surface area (Å²) in [7, 11) is 0. The van der Waals surface area contributed by atoms with E-state index in [1.165, 1.54) is 6.20 Å². The van der Waals surface area contributed by atoms with Crippen LogP contribution in [-0.4, -0.2) is 20.1 Å². The third-order valence-electron chi connectivity index (χ3n) is 2.63. The predicted molar refractivity (Wildman–Crippen MR) is 67.3 cm³/mol. The fourth-order valence-corrected chi connectivity index (χ4v) is 1.78. The molecule has 6 heteroatoms. The van der Waals surface area contributed by atoms with Crippen molar-refractivity contribution in [3.05, 3.63) is 53.1 Å². The number of hydrogen-bond donors (Lipinski definition) is 2. The molecule has 0 amide bonds. The molecule has 1 radical (unpaired) electrons. The van der Waals surface area contributed by atoms with Crippen LogP contribution in [0.5, 0.6) is 5.75 Å². The number of nitrogens with zero attached hydrogens (tertiary/aromatic N) is 2. The molecule has 19 heavy (non-hydrogen) atoms. The molecule has 0 saturated carbocycles. The number of phenols is 1. The van der Waals surface area contributed by atoms with Crippen LogP contribution in [0.25, 0.3) is 22.3 Å². The number of benzene rings is 1. The third-order valence-corrected chi connectivity index (χ3v) is 2.63. The van der Waals surface area contributed by atoms with Crippen LogP contribution in [0.1, 0.15) is 0 Å². The van der Waals surface area contributed by atoms with Gasteiger partial charge in [0.15, 0.2) is 0 Å². The Morgan fingerprint density at radius 2 is 2.05 bits per heavy atom. The Bertz CT molecular complexity index is 786. The summed E-state index contributed by atoms with van der Waals surface area (Å²) >= 11 is 0. The zero-order chi connectivity index (χ0) is 12.5. The summed E-state index contributed by atoms with van der Waals surface area (Å²) in [4.78, 5) is 22.8. The van der Waals surface area contributed by atoms with Gasteiger partial charge in [0.05, 0.1) is 17.1 Å². The van der Waals surface area contributed by atoms with Crippen molar-refractivity contribution in [2.24, 2.45) is 0 Å². The van der Waals surface area contributed by atoms with Crippen LogP contribution in [0, 0.1) is 44.1 Å². The van der Waals surface area contributed by atoms with Gasteiger partial charge >= 0.3 is 0 Å². The van der Waals surface area contributed by atoms with E-state index in [1.807, 2.05) is 0 Å². The second-order valence-electron chi connectivity index (χ2n) is 3.86. The van der Waals surface area contributed by atoms with Crippen molar-refractivity contribution in [2.45, 2.75) is 0 Å². The summed E-state index contributed by atoms with van der Waals surface area (Å²) in [5, 5.41) is 9.92. The topological polar surface area (TPSA) is 78.9 Å². The first kappa shape index (κ1) is 14.2. The van der Waals surface area contributed by atoms with Crippen LogP contribution in [0.2, 0.25) is 0 Å². The second-order valence-corrected chi connectivity index (χ2v) is 3.86. The summed E-state index contributed by atoms with van der Waals surface area (Å²) < 4.78 is 0. The van der Waals surface area contributed by atoms with Crippen molar-refractivity contribution >= 4 is 10.9 Å². The van der Waals surface area contributed by atoms with E-state index in [4.69, 9.17) is 0 Å². The smallest absolute Gasteiger partial charge is 0.259 e. The van der Waals surface area contributed by atoms with Gasteiger partial charge in [-0.2, -0.15) is 0 Å². The number of fused-ring (bicyclic) bond motifs is 1. The van der Waals surface area contributed by atoms with Crippen molar-refractivity contribution in [2.75, 3.05) is 0 Å². The van der Waals surface area contributed by atoms with Crippen molar-refractivity contribution in [1.29, 1.82) is 0 Å². The number of phenolic OH excluding ortho intramolecular Hbond substituents is 1. The molecular weight excluding hydrogens is 457 g/mol. The van der Waals surface area contributed by atoms with Gasteiger partial charge in [0, 0.05) is 55.8 Å². The zero-order valence-corrected chi connectivity index (χ0v) is 14.6. The molecule has 0 aliphatic heterocycles. The van der Waals surface area contributed by atoms with E-state index in [2.05, 4.69) is 15.0 Å². The Hall–Kier alpha value is -1.25. The zero-order valence-electron chi connectivity index (χ0n) is 9.87. The van der Waals surface area contributed by atoms with E-state index < -0.39 is 0 Å². The molecule has 2 aromatic heterocycles. The van der Waals surface area contributed by atoms with E-state index in [9.17, 15) is 9.90 Å². The standard InChI is InChI=1S/C13H9N3O2.Ac/c17-9-3-1-2-8(6-9)12-15-11-7-14-5-4-10(11)13(18)16-12;/h1-7,17H,(H,15,16,18);. The van der Waals surface area contributed by atoms with Gasteiger partial charge in [-0.25, -0.2) is 4.98 Å². The molecule has 0 fully saturated rings.